The van der Waals surface area contributed by atoms with Crippen molar-refractivity contribution in [2.75, 3.05) is 12.4 Å². The first kappa shape index (κ1) is 15.1. The Bertz CT molecular complexity index is 638. The van der Waals surface area contributed by atoms with Gasteiger partial charge in [-0.05, 0) is 43.8 Å². The lowest BCUT2D eigenvalue weighted by atomic mass is 10.1. The lowest BCUT2D eigenvalue weighted by Gasteiger charge is -2.12. The fraction of sp³-hybridized carbons (Fsp3) is 0.188. The van der Waals surface area contributed by atoms with E-state index < -0.39 is 17.5 Å². The van der Waals surface area contributed by atoms with Gasteiger partial charge in [0.15, 0.2) is 0 Å². The SMILES string of the molecule is CNC(C)c1cccc(NC(=O)c2cc(F)cc(F)c2)c1. The Hall–Kier alpha value is -2.27. The van der Waals surface area contributed by atoms with Gasteiger partial charge in [0.2, 0.25) is 0 Å². The van der Waals surface area contributed by atoms with Crippen molar-refractivity contribution < 1.29 is 13.6 Å². The van der Waals surface area contributed by atoms with E-state index in [0.29, 0.717) is 5.69 Å². The largest absolute Gasteiger partial charge is 0.322 e. The summed E-state index contributed by atoms with van der Waals surface area (Å²) in [5.74, 6) is -2.11. The van der Waals surface area contributed by atoms with Crippen molar-refractivity contribution in [3.63, 3.8) is 0 Å². The van der Waals surface area contributed by atoms with Crippen LogP contribution in [0.5, 0.6) is 0 Å². The molecule has 110 valence electrons. The predicted octanol–water partition coefficient (Wildman–Crippen LogP) is 3.50. The summed E-state index contributed by atoms with van der Waals surface area (Å²) >= 11 is 0. The molecule has 0 aromatic heterocycles. The van der Waals surface area contributed by atoms with Gasteiger partial charge in [-0.1, -0.05) is 12.1 Å². The van der Waals surface area contributed by atoms with Crippen molar-refractivity contribution in [2.45, 2.75) is 13.0 Å². The highest BCUT2D eigenvalue weighted by molar-refractivity contribution is 6.04. The van der Waals surface area contributed by atoms with E-state index >= 15 is 0 Å². The molecular formula is C16H16F2N2O. The average molecular weight is 290 g/mol. The van der Waals surface area contributed by atoms with Gasteiger partial charge in [-0.3, -0.25) is 4.79 Å². The van der Waals surface area contributed by atoms with Gasteiger partial charge in [0.1, 0.15) is 11.6 Å². The molecule has 0 bridgehead atoms. The molecule has 3 nitrogen and oxygen atoms in total. The van der Waals surface area contributed by atoms with Crippen LogP contribution in [0.15, 0.2) is 42.5 Å². The highest BCUT2D eigenvalue weighted by atomic mass is 19.1. The Kier molecular flexibility index (Phi) is 4.65. The van der Waals surface area contributed by atoms with Crippen LogP contribution in [-0.2, 0) is 0 Å². The number of carbonyl (C=O) groups is 1. The van der Waals surface area contributed by atoms with Crippen LogP contribution in [0.4, 0.5) is 14.5 Å². The molecule has 1 amide bonds. The number of halogens is 2. The van der Waals surface area contributed by atoms with Crippen molar-refractivity contribution in [1.82, 2.24) is 5.32 Å². The molecule has 0 spiro atoms. The number of nitrogens with one attached hydrogen (secondary N) is 2. The van der Waals surface area contributed by atoms with Crippen molar-refractivity contribution in [3.8, 4) is 0 Å². The van der Waals surface area contributed by atoms with Crippen molar-refractivity contribution >= 4 is 11.6 Å². The molecule has 0 aliphatic carbocycles. The van der Waals surface area contributed by atoms with Gasteiger partial charge in [0.25, 0.3) is 5.91 Å². The fourth-order valence-electron chi connectivity index (χ4n) is 1.94. The van der Waals surface area contributed by atoms with E-state index in [-0.39, 0.29) is 11.6 Å². The maximum absolute atomic E-state index is 13.1. The smallest absolute Gasteiger partial charge is 0.255 e. The van der Waals surface area contributed by atoms with Crippen LogP contribution < -0.4 is 10.6 Å². The number of hydrogen-bond acceptors (Lipinski definition) is 2. The maximum Gasteiger partial charge on any atom is 0.255 e. The second kappa shape index (κ2) is 6.45. The van der Waals surface area contributed by atoms with Crippen LogP contribution in [-0.4, -0.2) is 13.0 Å². The van der Waals surface area contributed by atoms with Crippen molar-refractivity contribution in [3.05, 3.63) is 65.2 Å². The molecule has 0 radical (unpaired) electrons. The number of hydrogen-bond donors (Lipinski definition) is 2. The number of amides is 1. The molecule has 2 aromatic carbocycles. The first-order valence-corrected chi connectivity index (χ1v) is 6.54. The van der Waals surface area contributed by atoms with Crippen molar-refractivity contribution in [1.29, 1.82) is 0 Å². The summed E-state index contributed by atoms with van der Waals surface area (Å²) < 4.78 is 26.2. The highest BCUT2D eigenvalue weighted by Gasteiger charge is 2.10. The number of anilines is 1. The summed E-state index contributed by atoms with van der Waals surface area (Å²) in [5.41, 5.74) is 1.52. The van der Waals surface area contributed by atoms with Crippen LogP contribution in [0.1, 0.15) is 28.9 Å². The van der Waals surface area contributed by atoms with Crippen LogP contribution >= 0.6 is 0 Å². The monoisotopic (exact) mass is 290 g/mol. The molecule has 0 heterocycles. The molecule has 0 aliphatic heterocycles. The molecule has 0 saturated heterocycles. The van der Waals surface area contributed by atoms with E-state index in [2.05, 4.69) is 10.6 Å². The Balaban J connectivity index is 2.19. The van der Waals surface area contributed by atoms with Gasteiger partial charge in [0.05, 0.1) is 0 Å². The van der Waals surface area contributed by atoms with E-state index in [1.807, 2.05) is 32.2 Å². The quantitative estimate of drug-likeness (QED) is 0.905. The molecule has 2 rings (SSSR count). The third-order valence-electron chi connectivity index (χ3n) is 3.20. The third-order valence-corrected chi connectivity index (χ3v) is 3.20. The number of rotatable bonds is 4. The van der Waals surface area contributed by atoms with E-state index in [9.17, 15) is 13.6 Å². The molecule has 21 heavy (non-hydrogen) atoms. The Labute approximate surface area is 122 Å². The van der Waals surface area contributed by atoms with Crippen LogP contribution in [0, 0.1) is 11.6 Å². The van der Waals surface area contributed by atoms with E-state index in [4.69, 9.17) is 0 Å². The lowest BCUT2D eigenvalue weighted by molar-refractivity contribution is 0.102. The van der Waals surface area contributed by atoms with Gasteiger partial charge < -0.3 is 10.6 Å². The van der Waals surface area contributed by atoms with Crippen LogP contribution in [0.25, 0.3) is 0 Å². The number of benzene rings is 2. The Morgan fingerprint density at radius 3 is 2.38 bits per heavy atom. The Morgan fingerprint density at radius 2 is 1.76 bits per heavy atom. The molecule has 2 N–H and O–H groups in total. The van der Waals surface area contributed by atoms with E-state index in [1.165, 1.54) is 0 Å². The molecule has 0 aliphatic rings. The zero-order valence-electron chi connectivity index (χ0n) is 11.8. The maximum atomic E-state index is 13.1. The topological polar surface area (TPSA) is 41.1 Å². The van der Waals surface area contributed by atoms with Crippen LogP contribution in [0.3, 0.4) is 0 Å². The molecular weight excluding hydrogens is 274 g/mol. The number of carbonyl (C=O) groups excluding carboxylic acids is 1. The lowest BCUT2D eigenvalue weighted by Crippen LogP contribution is -2.15. The summed E-state index contributed by atoms with van der Waals surface area (Å²) in [4.78, 5) is 12.0. The standard InChI is InChI=1S/C16H16F2N2O/c1-10(19-2)11-4-3-5-15(8-11)20-16(21)12-6-13(17)9-14(18)7-12/h3-10,19H,1-2H3,(H,20,21). The second-order valence-electron chi connectivity index (χ2n) is 4.75. The first-order valence-electron chi connectivity index (χ1n) is 6.54. The molecule has 2 aromatic rings. The van der Waals surface area contributed by atoms with E-state index in [0.717, 1.165) is 23.8 Å². The normalized spacial score (nSPS) is 12.0. The summed E-state index contributed by atoms with van der Waals surface area (Å²) in [7, 11) is 1.84. The molecule has 0 fully saturated rings. The molecule has 1 atom stereocenters. The zero-order valence-corrected chi connectivity index (χ0v) is 11.8. The van der Waals surface area contributed by atoms with Gasteiger partial charge in [-0.25, -0.2) is 8.78 Å². The first-order chi connectivity index (χ1) is 9.99. The second-order valence-corrected chi connectivity index (χ2v) is 4.75. The minimum atomic E-state index is -0.780. The van der Waals surface area contributed by atoms with E-state index in [1.54, 1.807) is 6.07 Å². The summed E-state index contributed by atoms with van der Waals surface area (Å²) in [6.45, 7) is 1.99. The molecule has 0 saturated carbocycles. The summed E-state index contributed by atoms with van der Waals surface area (Å²) in [5, 5.41) is 5.73. The van der Waals surface area contributed by atoms with Gasteiger partial charge in [0, 0.05) is 23.4 Å². The zero-order chi connectivity index (χ0) is 15.4. The predicted molar refractivity (Wildman–Crippen MR) is 78.2 cm³/mol. The van der Waals surface area contributed by atoms with Gasteiger partial charge in [-0.2, -0.15) is 0 Å². The third kappa shape index (κ3) is 3.86. The van der Waals surface area contributed by atoms with Crippen molar-refractivity contribution in [2.24, 2.45) is 0 Å². The average Bonchev–Trinajstić information content (AvgIpc) is 2.45. The van der Waals surface area contributed by atoms with Crippen LogP contribution in [0.2, 0.25) is 0 Å². The summed E-state index contributed by atoms with van der Waals surface area (Å²) in [6, 6.07) is 10.1. The highest BCUT2D eigenvalue weighted by Crippen LogP contribution is 2.18. The summed E-state index contributed by atoms with van der Waals surface area (Å²) in [6.07, 6.45) is 0. The fourth-order valence-corrected chi connectivity index (χ4v) is 1.94. The minimum absolute atomic E-state index is 0.0560. The molecule has 1 unspecified atom stereocenters. The Morgan fingerprint density at radius 1 is 1.10 bits per heavy atom. The minimum Gasteiger partial charge on any atom is -0.322 e. The van der Waals surface area contributed by atoms with Gasteiger partial charge in [-0.15, -0.1) is 0 Å². The molecule has 5 heteroatoms. The van der Waals surface area contributed by atoms with Gasteiger partial charge >= 0.3 is 0 Å².